The predicted octanol–water partition coefficient (Wildman–Crippen LogP) is 4.14. The van der Waals surface area contributed by atoms with Crippen LogP contribution in [0.5, 0.6) is 0 Å². The average Bonchev–Trinajstić information content (AvgIpc) is 3.74. The molecule has 0 radical (unpaired) electrons. The second kappa shape index (κ2) is 10.7. The zero-order chi connectivity index (χ0) is 28.6. The number of pyridine rings is 1. The maximum absolute atomic E-state index is 13.5. The van der Waals surface area contributed by atoms with E-state index in [1.54, 1.807) is 25.6 Å². The Hall–Kier alpha value is -4.65. The quantitative estimate of drug-likeness (QED) is 0.258. The monoisotopic (exact) mass is 558 g/mol. The highest BCUT2D eigenvalue weighted by atomic mass is 19.1. The third-order valence-corrected chi connectivity index (χ3v) is 7.77. The average molecular weight is 559 g/mol. The minimum atomic E-state index is -0.941. The first-order valence-electron chi connectivity index (χ1n) is 13.5. The lowest BCUT2D eigenvalue weighted by Gasteiger charge is -2.38. The fourth-order valence-corrected chi connectivity index (χ4v) is 5.43. The molecule has 0 bridgehead atoms. The lowest BCUT2D eigenvalue weighted by molar-refractivity contribution is -0.148. The Morgan fingerprint density at radius 3 is 2.66 bits per heavy atom. The number of anilines is 2. The van der Waals surface area contributed by atoms with Crippen LogP contribution >= 0.6 is 0 Å². The zero-order valence-electron chi connectivity index (χ0n) is 23.0. The predicted molar refractivity (Wildman–Crippen MR) is 148 cm³/mol. The van der Waals surface area contributed by atoms with Crippen LogP contribution in [-0.2, 0) is 9.53 Å². The van der Waals surface area contributed by atoms with Crippen molar-refractivity contribution in [2.24, 2.45) is 0 Å². The molecule has 0 aliphatic heterocycles. The van der Waals surface area contributed by atoms with Gasteiger partial charge in [-0.2, -0.15) is 15.3 Å². The molecule has 5 heterocycles. The number of aromatic nitrogens is 8. The van der Waals surface area contributed by atoms with Crippen LogP contribution in [0.2, 0.25) is 0 Å². The van der Waals surface area contributed by atoms with Gasteiger partial charge < -0.3 is 15.4 Å². The Morgan fingerprint density at radius 1 is 1.17 bits per heavy atom. The molecule has 1 saturated carbocycles. The van der Waals surface area contributed by atoms with Gasteiger partial charge in [0.1, 0.15) is 5.60 Å². The molecule has 0 spiro atoms. The Morgan fingerprint density at radius 2 is 2.00 bits per heavy atom. The van der Waals surface area contributed by atoms with Crippen LogP contribution in [0, 0.1) is 12.7 Å². The number of ether oxygens (including phenoxy) is 1. The molecule has 5 aromatic rings. The van der Waals surface area contributed by atoms with Crippen molar-refractivity contribution in [1.82, 2.24) is 44.9 Å². The normalized spacial score (nSPS) is 19.8. The number of carbonyl (C=O) groups excluding carboxylic acids is 1. The van der Waals surface area contributed by atoms with Gasteiger partial charge in [-0.25, -0.2) is 23.6 Å². The number of hydrogen-bond donors (Lipinski definition) is 3. The minimum absolute atomic E-state index is 0.134. The molecule has 0 saturated heterocycles. The van der Waals surface area contributed by atoms with Crippen LogP contribution in [0.25, 0.3) is 11.3 Å². The van der Waals surface area contributed by atoms with Gasteiger partial charge in [0.05, 0.1) is 42.0 Å². The maximum Gasteiger partial charge on any atom is 0.252 e. The number of fused-ring (bicyclic) bond motifs is 1. The summed E-state index contributed by atoms with van der Waals surface area (Å²) < 4.78 is 22.4. The topological polar surface area (TPSA) is 140 Å². The van der Waals surface area contributed by atoms with Crippen LogP contribution in [0.4, 0.5) is 16.0 Å². The van der Waals surface area contributed by atoms with Crippen molar-refractivity contribution >= 4 is 23.1 Å². The number of halogens is 1. The largest absolute Gasteiger partial charge is 0.368 e. The van der Waals surface area contributed by atoms with Crippen molar-refractivity contribution < 1.29 is 13.9 Å². The van der Waals surface area contributed by atoms with Gasteiger partial charge in [-0.3, -0.25) is 9.89 Å². The van der Waals surface area contributed by atoms with Crippen molar-refractivity contribution in [3.63, 3.8) is 0 Å². The highest BCUT2D eigenvalue weighted by molar-refractivity contribution is 5.85. The molecule has 13 heteroatoms. The second-order valence-corrected chi connectivity index (χ2v) is 10.5. The van der Waals surface area contributed by atoms with Crippen molar-refractivity contribution in [1.29, 1.82) is 0 Å². The molecule has 1 fully saturated rings. The van der Waals surface area contributed by atoms with E-state index in [0.29, 0.717) is 30.3 Å². The molecule has 6 rings (SSSR count). The van der Waals surface area contributed by atoms with Crippen molar-refractivity contribution in [3.05, 3.63) is 78.0 Å². The number of H-pyrrole nitrogens is 1. The summed E-state index contributed by atoms with van der Waals surface area (Å²) in [5, 5.41) is 21.9. The molecular weight excluding hydrogens is 527 g/mol. The maximum atomic E-state index is 13.5. The number of hydrogen-bond acceptors (Lipinski definition) is 8. The van der Waals surface area contributed by atoms with Crippen molar-refractivity contribution in [2.75, 3.05) is 12.4 Å². The van der Waals surface area contributed by atoms with Crippen molar-refractivity contribution in [2.45, 2.75) is 57.1 Å². The van der Waals surface area contributed by atoms with E-state index in [0.717, 1.165) is 41.5 Å². The first-order chi connectivity index (χ1) is 19.8. The van der Waals surface area contributed by atoms with Gasteiger partial charge in [0.2, 0.25) is 0 Å². The first-order valence-corrected chi connectivity index (χ1v) is 13.5. The number of nitrogens with one attached hydrogen (secondary N) is 3. The van der Waals surface area contributed by atoms with E-state index in [2.05, 4.69) is 36.0 Å². The molecule has 12 nitrogen and oxygen atoms in total. The van der Waals surface area contributed by atoms with Crippen LogP contribution in [0.15, 0.2) is 55.2 Å². The smallest absolute Gasteiger partial charge is 0.252 e. The summed E-state index contributed by atoms with van der Waals surface area (Å²) in [7, 11) is 1.59. The van der Waals surface area contributed by atoms with Gasteiger partial charge in [-0.15, -0.1) is 0 Å². The van der Waals surface area contributed by atoms with Crippen LogP contribution in [0.3, 0.4) is 0 Å². The van der Waals surface area contributed by atoms with Gasteiger partial charge in [0.25, 0.3) is 5.91 Å². The van der Waals surface area contributed by atoms with Gasteiger partial charge in [-0.1, -0.05) is 6.07 Å². The fraction of sp³-hybridized carbons (Fsp3) is 0.357. The lowest BCUT2D eigenvalue weighted by atomic mass is 9.76. The Bertz CT molecular complexity index is 1670. The minimum Gasteiger partial charge on any atom is -0.368 e. The van der Waals surface area contributed by atoms with E-state index in [9.17, 15) is 9.18 Å². The van der Waals surface area contributed by atoms with E-state index >= 15 is 0 Å². The van der Waals surface area contributed by atoms with Gasteiger partial charge in [-0.05, 0) is 57.2 Å². The highest BCUT2D eigenvalue weighted by Gasteiger charge is 2.43. The third kappa shape index (κ3) is 5.27. The van der Waals surface area contributed by atoms with E-state index in [1.165, 1.54) is 10.9 Å². The van der Waals surface area contributed by atoms with Crippen LogP contribution in [-0.4, -0.2) is 58.2 Å². The number of methoxy groups -OCH3 is 1. The Labute approximate surface area is 235 Å². The summed E-state index contributed by atoms with van der Waals surface area (Å²) in [6.07, 6.45) is 10.2. The fourth-order valence-electron chi connectivity index (χ4n) is 5.43. The van der Waals surface area contributed by atoms with Crippen LogP contribution < -0.4 is 10.6 Å². The van der Waals surface area contributed by atoms with E-state index in [4.69, 9.17) is 9.72 Å². The number of aryl methyl sites for hydroxylation is 1. The lowest BCUT2D eigenvalue weighted by Crippen LogP contribution is -2.50. The Kier molecular flexibility index (Phi) is 6.95. The van der Waals surface area contributed by atoms with Gasteiger partial charge in [0.15, 0.2) is 23.3 Å². The van der Waals surface area contributed by atoms with E-state index < -0.39 is 11.4 Å². The Balaban J connectivity index is 1.14. The summed E-state index contributed by atoms with van der Waals surface area (Å²) in [4.78, 5) is 22.8. The number of aromatic amines is 1. The SMILES string of the molecule is CO[C@]1(C(=O)N[C@@H](C)c2ccc(-n3cc(F)cn3)nc2)CC[C@H](c2nc(Nc3cc(C)[nH]n3)cn3nccc23)CC1. The molecular formula is C28H31FN10O2. The van der Waals surface area contributed by atoms with Gasteiger partial charge >= 0.3 is 0 Å². The molecule has 1 aliphatic carbocycles. The van der Waals surface area contributed by atoms with Crippen LogP contribution in [0.1, 0.15) is 61.5 Å². The summed E-state index contributed by atoms with van der Waals surface area (Å²) in [5.74, 6) is 1.36. The van der Waals surface area contributed by atoms with E-state index in [1.807, 2.05) is 42.8 Å². The summed E-state index contributed by atoms with van der Waals surface area (Å²) >= 11 is 0. The first kappa shape index (κ1) is 26.6. The summed E-state index contributed by atoms with van der Waals surface area (Å²) in [5.41, 5.74) is 2.70. The standard InChI is InChI=1S/C28H31FN10O2/c1-17-12-23(37-36-17)34-24-16-38-22(8-11-31-38)26(35-24)19-6-9-28(41-3,10-7-19)27(40)33-18(2)20-4-5-25(30-13-20)39-15-21(29)14-32-39/h4-5,8,11-16,18-19H,6-7,9-10H2,1-3H3,(H,33,40)(H2,34,36,37)/t18-,19-,28+/m0/s1. The molecule has 3 N–H and O–H groups in total. The van der Waals surface area contributed by atoms with Gasteiger partial charge in [0, 0.05) is 31.0 Å². The molecule has 1 aliphatic rings. The molecule has 41 heavy (non-hydrogen) atoms. The molecule has 0 aromatic carbocycles. The summed E-state index contributed by atoms with van der Waals surface area (Å²) in [6.45, 7) is 3.84. The molecule has 1 atom stereocenters. The number of rotatable bonds is 8. The highest BCUT2D eigenvalue weighted by Crippen LogP contribution is 2.41. The molecule has 0 unspecified atom stereocenters. The number of nitrogens with zero attached hydrogens (tertiary/aromatic N) is 7. The molecule has 212 valence electrons. The summed E-state index contributed by atoms with van der Waals surface area (Å²) in [6, 6.07) is 7.15. The van der Waals surface area contributed by atoms with E-state index in [-0.39, 0.29) is 17.9 Å². The third-order valence-electron chi connectivity index (χ3n) is 7.77. The van der Waals surface area contributed by atoms with Crippen molar-refractivity contribution in [3.8, 4) is 5.82 Å². The molecule has 1 amide bonds. The number of carbonyl (C=O) groups is 1. The second-order valence-electron chi connectivity index (χ2n) is 10.5. The molecule has 5 aromatic heterocycles. The number of amides is 1. The zero-order valence-corrected chi connectivity index (χ0v) is 23.0.